The zero-order chi connectivity index (χ0) is 29.6. The lowest BCUT2D eigenvalue weighted by atomic mass is 9.92. The van der Waals surface area contributed by atoms with Crippen LogP contribution in [0, 0.1) is 0 Å². The van der Waals surface area contributed by atoms with Crippen molar-refractivity contribution in [2.75, 3.05) is 45.6 Å². The van der Waals surface area contributed by atoms with E-state index in [9.17, 15) is 14.4 Å². The highest BCUT2D eigenvalue weighted by Crippen LogP contribution is 2.28. The van der Waals surface area contributed by atoms with Crippen LogP contribution in [0.5, 0.6) is 0 Å². The number of para-hydroxylation sites is 1. The first-order valence-electron chi connectivity index (χ1n) is 14.2. The van der Waals surface area contributed by atoms with E-state index in [1.54, 1.807) is 34.3 Å². The number of urea groups is 1. The molecule has 1 saturated heterocycles. The van der Waals surface area contributed by atoms with Gasteiger partial charge in [0.2, 0.25) is 5.91 Å². The molecule has 0 saturated carbocycles. The number of fused-ring (bicyclic) bond motifs is 1. The molecule has 0 unspecified atom stereocenters. The summed E-state index contributed by atoms with van der Waals surface area (Å²) in [6.45, 7) is 4.21. The molecule has 2 aromatic carbocycles. The third kappa shape index (κ3) is 6.60. The van der Waals surface area contributed by atoms with E-state index in [2.05, 4.69) is 25.5 Å². The zero-order valence-corrected chi connectivity index (χ0v) is 24.2. The van der Waals surface area contributed by atoms with Gasteiger partial charge in [-0.05, 0) is 55.6 Å². The monoisotopic (exact) mass is 567 g/mol. The van der Waals surface area contributed by atoms with Crippen LogP contribution >= 0.6 is 0 Å². The molecule has 10 nitrogen and oxygen atoms in total. The standard InChI is InChI=1S/C32H37N7O3/c1-22(27-20-34-28-12-5-4-11-26(27)28)29(30(40)35-25-10-6-8-23(18-25)21-37(2)3)36-32(42)39-16-14-38(15-17-39)31(41)24-9-7-13-33-19-24/h4-13,18-20,22,29,34H,14-17,21H2,1-3H3,(H,35,40)(H,36,42)/t22-,29+/m0/s1. The van der Waals surface area contributed by atoms with Crippen molar-refractivity contribution in [3.05, 3.63) is 95.9 Å². The largest absolute Gasteiger partial charge is 0.361 e. The van der Waals surface area contributed by atoms with E-state index in [1.807, 2.05) is 75.7 Å². The smallest absolute Gasteiger partial charge is 0.318 e. The fourth-order valence-corrected chi connectivity index (χ4v) is 5.41. The summed E-state index contributed by atoms with van der Waals surface area (Å²) in [6, 6.07) is 17.9. The highest BCUT2D eigenvalue weighted by molar-refractivity contribution is 5.98. The van der Waals surface area contributed by atoms with E-state index in [0.29, 0.717) is 37.4 Å². The Morgan fingerprint density at radius 1 is 0.976 bits per heavy atom. The number of aromatic amines is 1. The van der Waals surface area contributed by atoms with Gasteiger partial charge < -0.3 is 30.3 Å². The second-order valence-corrected chi connectivity index (χ2v) is 11.0. The molecule has 0 bridgehead atoms. The lowest BCUT2D eigenvalue weighted by Gasteiger charge is -2.36. The van der Waals surface area contributed by atoms with Crippen LogP contribution in [0.1, 0.15) is 34.3 Å². The molecule has 1 fully saturated rings. The van der Waals surface area contributed by atoms with Crippen LogP contribution in [0.4, 0.5) is 10.5 Å². The predicted octanol–water partition coefficient (Wildman–Crippen LogP) is 3.90. The Balaban J connectivity index is 1.32. The number of aromatic nitrogens is 2. The molecular formula is C32H37N7O3. The summed E-state index contributed by atoms with van der Waals surface area (Å²) in [4.78, 5) is 52.9. The Kier molecular flexibility index (Phi) is 8.83. The Bertz CT molecular complexity index is 1540. The van der Waals surface area contributed by atoms with Gasteiger partial charge in [-0.1, -0.05) is 37.3 Å². The topological polar surface area (TPSA) is 114 Å². The van der Waals surface area contributed by atoms with E-state index < -0.39 is 6.04 Å². The maximum Gasteiger partial charge on any atom is 0.318 e. The van der Waals surface area contributed by atoms with Crippen LogP contribution in [0.15, 0.2) is 79.3 Å². The second kappa shape index (κ2) is 12.9. The molecule has 1 aliphatic heterocycles. The van der Waals surface area contributed by atoms with Gasteiger partial charge in [-0.25, -0.2) is 4.79 Å². The van der Waals surface area contributed by atoms with Crippen LogP contribution in [0.2, 0.25) is 0 Å². The first-order valence-corrected chi connectivity index (χ1v) is 14.2. The summed E-state index contributed by atoms with van der Waals surface area (Å²) in [6.07, 6.45) is 5.08. The molecule has 42 heavy (non-hydrogen) atoms. The number of pyridine rings is 1. The Morgan fingerprint density at radius 2 is 1.74 bits per heavy atom. The number of nitrogens with zero attached hydrogens (tertiary/aromatic N) is 4. The molecule has 1 aliphatic rings. The molecule has 0 spiro atoms. The highest BCUT2D eigenvalue weighted by atomic mass is 16.2. The number of nitrogens with one attached hydrogen (secondary N) is 3. The quantitative estimate of drug-likeness (QED) is 0.299. The van der Waals surface area contributed by atoms with Crippen molar-refractivity contribution < 1.29 is 14.4 Å². The lowest BCUT2D eigenvalue weighted by Crippen LogP contribution is -2.57. The van der Waals surface area contributed by atoms with E-state index in [-0.39, 0.29) is 23.8 Å². The van der Waals surface area contributed by atoms with Crippen LogP contribution in [-0.4, -0.2) is 88.8 Å². The highest BCUT2D eigenvalue weighted by Gasteiger charge is 2.33. The van der Waals surface area contributed by atoms with Crippen LogP contribution in [0.25, 0.3) is 10.9 Å². The Hall–Kier alpha value is -4.70. The fourth-order valence-electron chi connectivity index (χ4n) is 5.41. The maximum absolute atomic E-state index is 13.8. The molecule has 0 aliphatic carbocycles. The second-order valence-electron chi connectivity index (χ2n) is 11.0. The van der Waals surface area contributed by atoms with Gasteiger partial charge in [-0.15, -0.1) is 0 Å². The van der Waals surface area contributed by atoms with E-state index in [0.717, 1.165) is 28.6 Å². The molecule has 4 amide bonds. The minimum absolute atomic E-state index is 0.107. The minimum atomic E-state index is -0.843. The van der Waals surface area contributed by atoms with Crippen molar-refractivity contribution in [3.63, 3.8) is 0 Å². The number of carbonyl (C=O) groups excluding carboxylic acids is 3. The molecule has 10 heteroatoms. The number of piperazine rings is 1. The molecular weight excluding hydrogens is 530 g/mol. The molecule has 3 N–H and O–H groups in total. The van der Waals surface area contributed by atoms with E-state index >= 15 is 0 Å². The number of H-pyrrole nitrogens is 1. The zero-order valence-electron chi connectivity index (χ0n) is 24.2. The number of amides is 4. The lowest BCUT2D eigenvalue weighted by molar-refractivity contribution is -0.118. The molecule has 218 valence electrons. The van der Waals surface area contributed by atoms with Crippen LogP contribution in [-0.2, 0) is 11.3 Å². The van der Waals surface area contributed by atoms with Crippen molar-refractivity contribution in [3.8, 4) is 0 Å². The summed E-state index contributed by atoms with van der Waals surface area (Å²) in [5.74, 6) is -0.734. The average Bonchev–Trinajstić information content (AvgIpc) is 3.44. The molecule has 0 radical (unpaired) electrons. The van der Waals surface area contributed by atoms with Crippen molar-refractivity contribution in [1.82, 2.24) is 30.0 Å². The first kappa shape index (κ1) is 28.8. The van der Waals surface area contributed by atoms with Gasteiger partial charge in [0, 0.05) is 73.8 Å². The fraction of sp³-hybridized carbons (Fsp3) is 0.312. The average molecular weight is 568 g/mol. The molecule has 2 aromatic heterocycles. The van der Waals surface area contributed by atoms with Gasteiger partial charge >= 0.3 is 6.03 Å². The molecule has 3 heterocycles. The maximum atomic E-state index is 13.8. The number of hydrogen-bond donors (Lipinski definition) is 3. The van der Waals surface area contributed by atoms with Crippen molar-refractivity contribution in [2.45, 2.75) is 25.4 Å². The summed E-state index contributed by atoms with van der Waals surface area (Å²) in [5, 5.41) is 7.06. The number of benzene rings is 2. The number of rotatable bonds is 8. The van der Waals surface area contributed by atoms with Crippen molar-refractivity contribution in [1.29, 1.82) is 0 Å². The Morgan fingerprint density at radius 3 is 2.48 bits per heavy atom. The van der Waals surface area contributed by atoms with Gasteiger partial charge in [-0.3, -0.25) is 14.6 Å². The van der Waals surface area contributed by atoms with E-state index in [4.69, 9.17) is 0 Å². The summed E-state index contributed by atoms with van der Waals surface area (Å²) < 4.78 is 0. The summed E-state index contributed by atoms with van der Waals surface area (Å²) in [5.41, 5.74) is 4.18. The SMILES string of the molecule is C[C@@H](c1c[nH]c2ccccc12)[C@@H](NC(=O)N1CCN(C(=O)c2cccnc2)CC1)C(=O)Nc1cccc(CN(C)C)c1. The first-order chi connectivity index (χ1) is 20.3. The van der Waals surface area contributed by atoms with Crippen molar-refractivity contribution in [2.24, 2.45) is 0 Å². The third-order valence-electron chi connectivity index (χ3n) is 7.63. The van der Waals surface area contributed by atoms with Gasteiger partial charge in [-0.2, -0.15) is 0 Å². The van der Waals surface area contributed by atoms with Gasteiger partial charge in [0.15, 0.2) is 0 Å². The minimum Gasteiger partial charge on any atom is -0.361 e. The molecule has 2 atom stereocenters. The van der Waals surface area contributed by atoms with Gasteiger partial charge in [0.25, 0.3) is 5.91 Å². The number of carbonyl (C=O) groups is 3. The number of hydrogen-bond acceptors (Lipinski definition) is 5. The predicted molar refractivity (Wildman–Crippen MR) is 163 cm³/mol. The Labute approximate surface area is 245 Å². The third-order valence-corrected chi connectivity index (χ3v) is 7.63. The summed E-state index contributed by atoms with van der Waals surface area (Å²) in [7, 11) is 3.99. The van der Waals surface area contributed by atoms with Gasteiger partial charge in [0.05, 0.1) is 5.56 Å². The van der Waals surface area contributed by atoms with Crippen LogP contribution in [0.3, 0.4) is 0 Å². The number of anilines is 1. The van der Waals surface area contributed by atoms with Gasteiger partial charge in [0.1, 0.15) is 6.04 Å². The molecule has 5 rings (SSSR count). The van der Waals surface area contributed by atoms with E-state index in [1.165, 1.54) is 0 Å². The normalized spacial score (nSPS) is 15.0. The molecule has 4 aromatic rings. The van der Waals surface area contributed by atoms with Crippen LogP contribution < -0.4 is 10.6 Å². The van der Waals surface area contributed by atoms with Crippen molar-refractivity contribution >= 4 is 34.4 Å². The summed E-state index contributed by atoms with van der Waals surface area (Å²) >= 11 is 0.